The second-order valence-corrected chi connectivity index (χ2v) is 10.9. The first kappa shape index (κ1) is 62.2. The molecule has 0 unspecified atom stereocenters. The van der Waals surface area contributed by atoms with Crippen molar-refractivity contribution in [1.29, 1.82) is 0 Å². The third kappa shape index (κ3) is 50.5. The maximum Gasteiger partial charge on any atom is 0.253 e. The first-order valence-electron chi connectivity index (χ1n) is 20.7. The van der Waals surface area contributed by atoms with E-state index in [1.165, 1.54) is 17.1 Å². The molecule has 4 heteroatoms. The molecule has 1 aliphatic heterocycles. The highest BCUT2D eigenvalue weighted by Gasteiger charge is 2.22. The Morgan fingerprint density at radius 2 is 0.494 bits per heavy atom. The predicted octanol–water partition coefficient (Wildman–Crippen LogP) is 1.47. The molecule has 0 radical (unpaired) electrons. The Bertz CT molecular complexity index is 4530. The van der Waals surface area contributed by atoms with Crippen molar-refractivity contribution in [2.45, 2.75) is 26.7 Å². The van der Waals surface area contributed by atoms with E-state index >= 15 is 0 Å². The minimum Gasteiger partial charge on any atom is -0.380 e. The first-order valence-corrected chi connectivity index (χ1v) is 20.7. The smallest absolute Gasteiger partial charge is 0.253 e. The lowest BCUT2D eigenvalue weighted by Crippen LogP contribution is -2.33. The van der Waals surface area contributed by atoms with Crippen molar-refractivity contribution >= 4 is 11.8 Å². The number of ether oxygens (including phenoxy) is 1. The van der Waals surface area contributed by atoms with Gasteiger partial charge in [0.15, 0.2) is 0 Å². The maximum atomic E-state index is 11.1. The van der Waals surface area contributed by atoms with Crippen LogP contribution >= 0.6 is 0 Å². The van der Waals surface area contributed by atoms with E-state index < -0.39 is 0 Å². The van der Waals surface area contributed by atoms with Crippen LogP contribution in [0.25, 0.3) is 0 Å². The fraction of sp³-hybridized carbons (Fsp3) is 0.0959. The van der Waals surface area contributed by atoms with Gasteiger partial charge in [-0.2, -0.15) is 0 Å². The summed E-state index contributed by atoms with van der Waals surface area (Å²) in [6, 6.07) is 0. The molecule has 0 aromatic heterocycles. The van der Waals surface area contributed by atoms with Gasteiger partial charge >= 0.3 is 0 Å². The second kappa shape index (κ2) is 55.5. The predicted molar refractivity (Wildman–Crippen MR) is 299 cm³/mol. The van der Waals surface area contributed by atoms with E-state index in [1.54, 1.807) is 6.92 Å². The molecule has 2 amide bonds. The van der Waals surface area contributed by atoms with Crippen molar-refractivity contribution in [3.8, 4) is 368 Å². The Kier molecular flexibility index (Phi) is 44.9. The van der Waals surface area contributed by atoms with Crippen LogP contribution in [0.3, 0.4) is 0 Å². The molecule has 0 bridgehead atoms. The zero-order chi connectivity index (χ0) is 55.5. The molecule has 0 saturated heterocycles. The zero-order valence-electron chi connectivity index (χ0n) is 40.4. The fourth-order valence-electron chi connectivity index (χ4n) is 3.04. The minimum atomic E-state index is -0.242. The SMILES string of the molecule is C#CC#CC#CC#CC#CC#CC#CC#CC#CC#CC#CC#CC#CC#CC#CC#CC#CC#CC#CC#CC#CC#CC#CC#CC#CC#CC#CC#CC#CC#CC#CC.CCCCOCCN1C(=O)C=CC1=O. The average Bonchev–Trinajstić information content (AvgIpc) is 3.76. The number of unbranched alkanes of at least 4 members (excludes halogenated alkanes) is 1. The molecule has 0 spiro atoms. The lowest BCUT2D eigenvalue weighted by Gasteiger charge is -2.13. The van der Waals surface area contributed by atoms with E-state index in [-0.39, 0.29) is 11.8 Å². The summed E-state index contributed by atoms with van der Waals surface area (Å²) >= 11 is 0. The second-order valence-electron chi connectivity index (χ2n) is 10.9. The van der Waals surface area contributed by atoms with Crippen molar-refractivity contribution in [3.63, 3.8) is 0 Å². The Labute approximate surface area is 454 Å². The number of imide groups is 1. The van der Waals surface area contributed by atoms with E-state index in [9.17, 15) is 9.59 Å². The van der Waals surface area contributed by atoms with Crippen molar-refractivity contribution in [2.75, 3.05) is 19.8 Å². The van der Waals surface area contributed by atoms with Crippen molar-refractivity contribution in [1.82, 2.24) is 4.90 Å². The van der Waals surface area contributed by atoms with Gasteiger partial charge in [-0.3, -0.25) is 14.5 Å². The van der Waals surface area contributed by atoms with Crippen LogP contribution in [0.4, 0.5) is 0 Å². The monoisotopic (exact) mass is 957 g/mol. The molecule has 4 nitrogen and oxygen atoms in total. The molecular formula is C73H19NO3. The highest BCUT2D eigenvalue weighted by molar-refractivity contribution is 6.12. The molecule has 0 aromatic carbocycles. The summed E-state index contributed by atoms with van der Waals surface area (Å²) in [4.78, 5) is 23.3. The number of carbonyl (C=O) groups is 2. The van der Waals surface area contributed by atoms with Crippen LogP contribution in [-0.2, 0) is 14.3 Å². The third-order valence-corrected chi connectivity index (χ3v) is 5.82. The Morgan fingerprint density at radius 1 is 0.312 bits per heavy atom. The Morgan fingerprint density at radius 3 is 0.662 bits per heavy atom. The largest absolute Gasteiger partial charge is 0.380 e. The van der Waals surface area contributed by atoms with E-state index in [0.29, 0.717) is 19.8 Å². The summed E-state index contributed by atoms with van der Waals surface area (Å²) < 4.78 is 5.26. The number of hydrogen-bond acceptors (Lipinski definition) is 3. The molecule has 1 heterocycles. The van der Waals surface area contributed by atoms with Crippen LogP contribution in [-0.4, -0.2) is 36.5 Å². The number of nitrogens with zero attached hydrogens (tertiary/aromatic N) is 1. The molecule has 0 N–H and O–H groups in total. The van der Waals surface area contributed by atoms with Crippen LogP contribution in [0.2, 0.25) is 0 Å². The minimum absolute atomic E-state index is 0.242. The summed E-state index contributed by atoms with van der Waals surface area (Å²) in [6.45, 7) is 5.25. The topological polar surface area (TPSA) is 46.6 Å². The zero-order valence-corrected chi connectivity index (χ0v) is 40.4. The van der Waals surface area contributed by atoms with Crippen LogP contribution in [0.5, 0.6) is 0 Å². The van der Waals surface area contributed by atoms with Crippen molar-refractivity contribution in [2.24, 2.45) is 0 Å². The molecule has 0 fully saturated rings. The molecule has 1 aliphatic rings. The highest BCUT2D eigenvalue weighted by atomic mass is 16.5. The molecular weight excluding hydrogens is 939 g/mol. The van der Waals surface area contributed by atoms with Crippen LogP contribution in [0.1, 0.15) is 26.7 Å². The van der Waals surface area contributed by atoms with Gasteiger partial charge in [0.05, 0.1) is 13.2 Å². The van der Waals surface area contributed by atoms with Crippen LogP contribution < -0.4 is 0 Å². The van der Waals surface area contributed by atoms with Crippen molar-refractivity contribution in [3.05, 3.63) is 12.2 Å². The molecule has 0 atom stereocenters. The normalized spacial score (nSPS) is 6.06. The lowest BCUT2D eigenvalue weighted by atomic mass is 10.4. The van der Waals surface area contributed by atoms with Gasteiger partial charge in [0.1, 0.15) is 0 Å². The van der Waals surface area contributed by atoms with Gasteiger partial charge in [0.2, 0.25) is 0 Å². The van der Waals surface area contributed by atoms with Gasteiger partial charge in [-0.25, -0.2) is 0 Å². The maximum absolute atomic E-state index is 11.1. The van der Waals surface area contributed by atoms with Gasteiger partial charge in [-0.1, -0.05) is 19.3 Å². The van der Waals surface area contributed by atoms with Gasteiger partial charge in [0.25, 0.3) is 11.8 Å². The van der Waals surface area contributed by atoms with E-state index in [4.69, 9.17) is 11.2 Å². The van der Waals surface area contributed by atoms with Crippen LogP contribution in [0.15, 0.2) is 12.2 Å². The molecule has 0 aromatic rings. The summed E-state index contributed by atoms with van der Waals surface area (Å²) in [5.41, 5.74) is 0. The average molecular weight is 958 g/mol. The van der Waals surface area contributed by atoms with Gasteiger partial charge < -0.3 is 4.74 Å². The Hall–Kier alpha value is -14.8. The highest BCUT2D eigenvalue weighted by Crippen LogP contribution is 2.02. The van der Waals surface area contributed by atoms with Crippen LogP contribution in [0, 0.1) is 368 Å². The van der Waals surface area contributed by atoms with E-state index in [2.05, 4.69) is 368 Å². The van der Waals surface area contributed by atoms with Gasteiger partial charge in [0, 0.05) is 279 Å². The molecule has 0 aliphatic carbocycles. The Balaban J connectivity index is 0.00000353. The quantitative estimate of drug-likeness (QED) is 0.231. The number of amides is 2. The van der Waals surface area contributed by atoms with Crippen molar-refractivity contribution < 1.29 is 14.3 Å². The molecule has 334 valence electrons. The molecule has 77 heavy (non-hydrogen) atoms. The van der Waals surface area contributed by atoms with E-state index in [0.717, 1.165) is 12.8 Å². The number of carbonyl (C=O) groups excluding carboxylic acids is 2. The number of terminal acetylenes is 1. The van der Waals surface area contributed by atoms with Gasteiger partial charge in [-0.15, -0.1) is 6.42 Å². The summed E-state index contributed by atoms with van der Waals surface area (Å²) in [5.74, 6) is 151. The lowest BCUT2D eigenvalue weighted by molar-refractivity contribution is -0.137. The summed E-state index contributed by atoms with van der Waals surface area (Å²) in [6.07, 6.45) is 9.62. The number of rotatable bonds is 6. The first-order chi connectivity index (χ1) is 38.2. The van der Waals surface area contributed by atoms with E-state index in [1.807, 2.05) is 0 Å². The number of hydrogen-bond donors (Lipinski definition) is 0. The standard InChI is InChI=1S/C63H4.C10H15NO3/c1-3-5-7-9-11-13-15-17-19-21-23-25-27-29-31-33-35-37-39-41-43-45-47-49-51-53-55-57-59-61-63-62-60-58-56-54-52-50-48-46-44-42-40-38-36-34-32-30-28-26-24-22-20-18-16-14-12-10-8-6-4-2;1-2-3-7-14-8-6-11-9(12)4-5-10(11)13/h1H,2H3;4-5H,2-3,6-8H2,1H3. The molecule has 1 rings (SSSR count). The summed E-state index contributed by atoms with van der Waals surface area (Å²) in [5, 5.41) is 0. The fourth-order valence-corrected chi connectivity index (χ4v) is 3.04. The van der Waals surface area contributed by atoms with Gasteiger partial charge in [-0.05, 0) is 108 Å². The molecule has 0 saturated carbocycles. The third-order valence-electron chi connectivity index (χ3n) is 5.82. The summed E-state index contributed by atoms with van der Waals surface area (Å²) in [7, 11) is 0.